The van der Waals surface area contributed by atoms with Crippen molar-refractivity contribution in [3.8, 4) is 0 Å². The molecule has 0 spiro atoms. The molecule has 5 heteroatoms. The van der Waals surface area contributed by atoms with Crippen LogP contribution < -0.4 is 0 Å². The molecule has 0 aromatic heterocycles. The van der Waals surface area contributed by atoms with Crippen LogP contribution in [0.1, 0.15) is 32.6 Å². The van der Waals surface area contributed by atoms with Crippen LogP contribution in [0.3, 0.4) is 0 Å². The van der Waals surface area contributed by atoms with Crippen LogP contribution >= 0.6 is 0 Å². The van der Waals surface area contributed by atoms with Crippen LogP contribution in [0.15, 0.2) is 0 Å². The highest BCUT2D eigenvalue weighted by Gasteiger charge is 2.30. The third-order valence-electron chi connectivity index (χ3n) is 2.77. The normalized spacial score (nSPS) is 14.6. The summed E-state index contributed by atoms with van der Waals surface area (Å²) < 4.78 is 21.0. The molecule has 0 aliphatic heterocycles. The number of esters is 1. The Hall–Kier alpha value is -0.650. The molecule has 0 N–H and O–H groups in total. The topological polar surface area (TPSA) is 54.0 Å². The van der Waals surface area contributed by atoms with Crippen LogP contribution in [0, 0.1) is 5.92 Å². The van der Waals surface area contributed by atoms with Gasteiger partial charge in [0.2, 0.25) is 0 Å². The van der Waals surface area contributed by atoms with Gasteiger partial charge in [0.1, 0.15) is 6.61 Å². The van der Waals surface area contributed by atoms with E-state index in [1.165, 1.54) is 0 Å². The molecular weight excluding hydrogens is 248 g/mol. The monoisotopic (exact) mass is 274 g/mol. The number of carbonyl (C=O) groups excluding carboxylic acids is 1. The van der Waals surface area contributed by atoms with Gasteiger partial charge in [-0.3, -0.25) is 4.79 Å². The molecule has 0 radical (unpaired) electrons. The molecule has 0 saturated heterocycles. The lowest BCUT2D eigenvalue weighted by molar-refractivity contribution is -0.146. The van der Waals surface area contributed by atoms with E-state index in [1.807, 2.05) is 0 Å². The van der Waals surface area contributed by atoms with E-state index in [2.05, 4.69) is 6.92 Å². The fourth-order valence-corrected chi connectivity index (χ4v) is 1.43. The summed E-state index contributed by atoms with van der Waals surface area (Å²) in [6.45, 7) is 6.04. The largest absolute Gasteiger partial charge is 0.463 e. The standard InChI is InChI=1S/C14H26O5/c1-2-3-6-16-7-8-17-9-10-18-11-12-19-14(15)13-4-5-13/h13H,2-12H2,1H3. The Morgan fingerprint density at radius 3 is 1.95 bits per heavy atom. The molecule has 19 heavy (non-hydrogen) atoms. The van der Waals surface area contributed by atoms with Crippen LogP contribution in [0.25, 0.3) is 0 Å². The van der Waals surface area contributed by atoms with Crippen molar-refractivity contribution in [1.29, 1.82) is 0 Å². The quantitative estimate of drug-likeness (QED) is 0.378. The van der Waals surface area contributed by atoms with Gasteiger partial charge < -0.3 is 18.9 Å². The van der Waals surface area contributed by atoms with Crippen LogP contribution in [-0.4, -0.2) is 52.2 Å². The van der Waals surface area contributed by atoms with Crippen molar-refractivity contribution in [1.82, 2.24) is 0 Å². The van der Waals surface area contributed by atoms with Crippen molar-refractivity contribution in [2.45, 2.75) is 32.6 Å². The van der Waals surface area contributed by atoms with E-state index in [1.54, 1.807) is 0 Å². The molecule has 0 aromatic rings. The minimum Gasteiger partial charge on any atom is -0.463 e. The molecule has 1 fully saturated rings. The lowest BCUT2D eigenvalue weighted by atomic mass is 10.4. The molecule has 0 amide bonds. The summed E-state index contributed by atoms with van der Waals surface area (Å²) in [5, 5.41) is 0. The zero-order valence-corrected chi connectivity index (χ0v) is 11.9. The number of unbranched alkanes of at least 4 members (excludes halogenated alkanes) is 1. The van der Waals surface area contributed by atoms with Crippen molar-refractivity contribution >= 4 is 5.97 Å². The molecule has 1 aliphatic carbocycles. The lowest BCUT2D eigenvalue weighted by Crippen LogP contribution is -2.14. The highest BCUT2D eigenvalue weighted by Crippen LogP contribution is 2.29. The number of rotatable bonds is 13. The average molecular weight is 274 g/mol. The molecule has 0 unspecified atom stereocenters. The van der Waals surface area contributed by atoms with Gasteiger partial charge in [-0.1, -0.05) is 13.3 Å². The van der Waals surface area contributed by atoms with E-state index in [-0.39, 0.29) is 11.9 Å². The van der Waals surface area contributed by atoms with Crippen molar-refractivity contribution < 1.29 is 23.7 Å². The second-order valence-electron chi connectivity index (χ2n) is 4.63. The van der Waals surface area contributed by atoms with Crippen LogP contribution in [0.2, 0.25) is 0 Å². The molecule has 0 heterocycles. The Labute approximate surface area is 115 Å². The third kappa shape index (κ3) is 9.87. The summed E-state index contributed by atoms with van der Waals surface area (Å²) in [6, 6.07) is 0. The summed E-state index contributed by atoms with van der Waals surface area (Å²) in [5.74, 6) is 0.0834. The second-order valence-corrected chi connectivity index (χ2v) is 4.63. The Kier molecular flexibility index (Phi) is 9.67. The first-order valence-electron chi connectivity index (χ1n) is 7.24. The van der Waals surface area contributed by atoms with Crippen molar-refractivity contribution in [2.24, 2.45) is 5.92 Å². The Balaban J connectivity index is 1.68. The molecule has 5 nitrogen and oxygen atoms in total. The summed E-state index contributed by atoms with van der Waals surface area (Å²) in [6.07, 6.45) is 4.21. The minimum absolute atomic E-state index is 0.0796. The molecule has 1 rings (SSSR count). The van der Waals surface area contributed by atoms with E-state index >= 15 is 0 Å². The van der Waals surface area contributed by atoms with Gasteiger partial charge >= 0.3 is 5.97 Å². The first-order valence-corrected chi connectivity index (χ1v) is 7.24. The molecular formula is C14H26O5. The molecule has 0 aromatic carbocycles. The predicted molar refractivity (Wildman–Crippen MR) is 71.0 cm³/mol. The van der Waals surface area contributed by atoms with Gasteiger partial charge in [-0.2, -0.15) is 0 Å². The number of hydrogen-bond donors (Lipinski definition) is 0. The van der Waals surface area contributed by atoms with Gasteiger partial charge in [-0.15, -0.1) is 0 Å². The molecule has 112 valence electrons. The van der Waals surface area contributed by atoms with Gasteiger partial charge in [0.25, 0.3) is 0 Å². The predicted octanol–water partition coefficient (Wildman–Crippen LogP) is 1.79. The van der Waals surface area contributed by atoms with Gasteiger partial charge in [0, 0.05) is 6.61 Å². The fourth-order valence-electron chi connectivity index (χ4n) is 1.43. The SMILES string of the molecule is CCCCOCCOCCOCCOC(=O)C1CC1. The highest BCUT2D eigenvalue weighted by atomic mass is 16.6. The lowest BCUT2D eigenvalue weighted by Gasteiger charge is -2.07. The maximum absolute atomic E-state index is 11.2. The maximum Gasteiger partial charge on any atom is 0.309 e. The Bertz CT molecular complexity index is 228. The van der Waals surface area contributed by atoms with Crippen molar-refractivity contribution in [3.63, 3.8) is 0 Å². The first kappa shape index (κ1) is 16.4. The fraction of sp³-hybridized carbons (Fsp3) is 0.929. The molecule has 1 aliphatic rings. The Morgan fingerprint density at radius 2 is 1.42 bits per heavy atom. The minimum atomic E-state index is -0.0796. The summed E-state index contributed by atoms with van der Waals surface area (Å²) in [5.41, 5.74) is 0. The van der Waals surface area contributed by atoms with Gasteiger partial charge in [-0.05, 0) is 19.3 Å². The number of hydrogen-bond acceptors (Lipinski definition) is 5. The zero-order chi connectivity index (χ0) is 13.8. The van der Waals surface area contributed by atoms with E-state index < -0.39 is 0 Å². The van der Waals surface area contributed by atoms with Crippen molar-refractivity contribution in [2.75, 3.05) is 46.2 Å². The molecule has 0 bridgehead atoms. The third-order valence-corrected chi connectivity index (χ3v) is 2.77. The van der Waals surface area contributed by atoms with Gasteiger partial charge in [0.05, 0.1) is 39.0 Å². The first-order chi connectivity index (χ1) is 9.34. The smallest absolute Gasteiger partial charge is 0.309 e. The number of carbonyl (C=O) groups is 1. The summed E-state index contributed by atoms with van der Waals surface area (Å²) in [4.78, 5) is 11.2. The van der Waals surface area contributed by atoms with E-state index in [9.17, 15) is 4.79 Å². The van der Waals surface area contributed by atoms with Crippen molar-refractivity contribution in [3.05, 3.63) is 0 Å². The zero-order valence-electron chi connectivity index (χ0n) is 11.9. The van der Waals surface area contributed by atoms with Gasteiger partial charge in [-0.25, -0.2) is 0 Å². The van der Waals surface area contributed by atoms with Crippen LogP contribution in [0.4, 0.5) is 0 Å². The highest BCUT2D eigenvalue weighted by molar-refractivity contribution is 5.74. The Morgan fingerprint density at radius 1 is 0.895 bits per heavy atom. The van der Waals surface area contributed by atoms with Gasteiger partial charge in [0.15, 0.2) is 0 Å². The van der Waals surface area contributed by atoms with E-state index in [0.29, 0.717) is 39.6 Å². The van der Waals surface area contributed by atoms with Crippen LogP contribution in [-0.2, 0) is 23.7 Å². The van der Waals surface area contributed by atoms with E-state index in [4.69, 9.17) is 18.9 Å². The molecule has 1 saturated carbocycles. The molecule has 0 atom stereocenters. The summed E-state index contributed by atoms with van der Waals surface area (Å²) in [7, 11) is 0. The average Bonchev–Trinajstić information content (AvgIpc) is 3.24. The van der Waals surface area contributed by atoms with Crippen LogP contribution in [0.5, 0.6) is 0 Å². The second kappa shape index (κ2) is 11.2. The number of ether oxygens (including phenoxy) is 4. The summed E-state index contributed by atoms with van der Waals surface area (Å²) >= 11 is 0. The van der Waals surface area contributed by atoms with E-state index in [0.717, 1.165) is 32.3 Å². The maximum atomic E-state index is 11.2.